The van der Waals surface area contributed by atoms with E-state index in [-0.39, 0.29) is 17.8 Å². The largest absolute Gasteiger partial charge is 0.369 e. The van der Waals surface area contributed by atoms with E-state index in [0.29, 0.717) is 51.4 Å². The molecule has 2 atom stereocenters. The number of guanidine groups is 1. The molecule has 1 aromatic heterocycles. The maximum atomic E-state index is 14.8. The monoisotopic (exact) mass is 586 g/mol. The highest BCUT2D eigenvalue weighted by molar-refractivity contribution is 6.31. The third-order valence-electron chi connectivity index (χ3n) is 7.21. The molecule has 11 heteroatoms. The molecule has 1 fully saturated rings. The van der Waals surface area contributed by atoms with Crippen LogP contribution >= 0.6 is 11.6 Å². The van der Waals surface area contributed by atoms with Gasteiger partial charge >= 0.3 is 0 Å². The Morgan fingerprint density at radius 2 is 1.74 bits per heavy atom. The van der Waals surface area contributed by atoms with Crippen LogP contribution in [-0.4, -0.2) is 51.7 Å². The van der Waals surface area contributed by atoms with Gasteiger partial charge in [-0.1, -0.05) is 23.7 Å². The molecular weight excluding hydrogens is 558 g/mol. The smallest absolute Gasteiger partial charge is 0.227 e. The average Bonchev–Trinajstić information content (AvgIpc) is 3.10. The van der Waals surface area contributed by atoms with Crippen LogP contribution in [0, 0.1) is 11.6 Å². The Morgan fingerprint density at radius 3 is 2.45 bits per heavy atom. The van der Waals surface area contributed by atoms with E-state index in [4.69, 9.17) is 22.3 Å². The van der Waals surface area contributed by atoms with Gasteiger partial charge < -0.3 is 21.3 Å². The molecule has 0 amide bonds. The molecule has 2 aliphatic heterocycles. The highest BCUT2D eigenvalue weighted by Gasteiger charge is 2.25. The molecule has 2 aliphatic rings. The van der Waals surface area contributed by atoms with Gasteiger partial charge in [0.15, 0.2) is 5.96 Å². The fourth-order valence-electron chi connectivity index (χ4n) is 5.39. The fourth-order valence-corrected chi connectivity index (χ4v) is 5.56. The number of rotatable bonds is 4. The van der Waals surface area contributed by atoms with Gasteiger partial charge in [-0.15, -0.1) is 0 Å². The molecule has 0 radical (unpaired) electrons. The van der Waals surface area contributed by atoms with Crippen molar-refractivity contribution in [1.29, 1.82) is 0 Å². The number of nitrogens with one attached hydrogen (secondary N) is 2. The van der Waals surface area contributed by atoms with Gasteiger partial charge in [-0.05, 0) is 62.4 Å². The van der Waals surface area contributed by atoms with Crippen LogP contribution in [0.5, 0.6) is 0 Å². The van der Waals surface area contributed by atoms with E-state index in [2.05, 4.69) is 44.3 Å². The number of aromatic nitrogens is 2. The molecule has 42 heavy (non-hydrogen) atoms. The van der Waals surface area contributed by atoms with Gasteiger partial charge in [-0.25, -0.2) is 23.7 Å². The van der Waals surface area contributed by atoms with Gasteiger partial charge in [0.05, 0.1) is 29.2 Å². The highest BCUT2D eigenvalue weighted by atomic mass is 35.5. The summed E-state index contributed by atoms with van der Waals surface area (Å²) in [6.07, 6.45) is 1.67. The third-order valence-corrected chi connectivity index (χ3v) is 7.45. The standard InChI is InChI=1S/C31H29ClF2N8/c1-17-15-42(16-18(2)38-17)30(35)39-21-7-9-22(10-8-21)40-31-37-14-19-13-36-29(27-25(33)4-3-5-26(27)34)24-12-20(32)6-11-23(24)28(19)41-31/h3-12,14,17-18,38H,13,15-16H2,1-2H3,(H2,35,39)(H,37,40,41)/t17-,18?/m1/s1. The van der Waals surface area contributed by atoms with Crippen molar-refractivity contribution in [2.75, 3.05) is 18.4 Å². The fraction of sp³-hybridized carbons (Fsp3) is 0.226. The van der Waals surface area contributed by atoms with Crippen LogP contribution in [0.1, 0.15) is 30.5 Å². The molecule has 4 aromatic rings. The average molecular weight is 587 g/mol. The zero-order valence-electron chi connectivity index (χ0n) is 23.1. The van der Waals surface area contributed by atoms with Crippen molar-refractivity contribution in [2.45, 2.75) is 32.5 Å². The molecule has 3 aromatic carbocycles. The van der Waals surface area contributed by atoms with Crippen LogP contribution in [-0.2, 0) is 6.54 Å². The molecule has 1 saturated heterocycles. The molecule has 0 bridgehead atoms. The third kappa shape index (κ3) is 5.68. The topological polar surface area (TPSA) is 104 Å². The van der Waals surface area contributed by atoms with Crippen LogP contribution in [0.4, 0.5) is 26.1 Å². The van der Waals surface area contributed by atoms with Gasteiger partial charge in [0.25, 0.3) is 0 Å². The summed E-state index contributed by atoms with van der Waals surface area (Å²) in [5.74, 6) is -0.563. The first kappa shape index (κ1) is 27.7. The summed E-state index contributed by atoms with van der Waals surface area (Å²) in [4.78, 5) is 20.5. The Kier molecular flexibility index (Phi) is 7.57. The van der Waals surface area contributed by atoms with Gasteiger partial charge in [0.2, 0.25) is 5.95 Å². The maximum absolute atomic E-state index is 14.8. The zero-order chi connectivity index (χ0) is 29.4. The number of benzene rings is 3. The number of anilines is 2. The zero-order valence-corrected chi connectivity index (χ0v) is 23.8. The number of nitrogens with two attached hydrogens (primary N) is 1. The first-order valence-electron chi connectivity index (χ1n) is 13.6. The van der Waals surface area contributed by atoms with Crippen LogP contribution in [0.15, 0.2) is 76.8 Å². The molecule has 6 rings (SSSR count). The Balaban J connectivity index is 1.27. The highest BCUT2D eigenvalue weighted by Crippen LogP contribution is 2.35. The lowest BCUT2D eigenvalue weighted by molar-refractivity contribution is 0.253. The number of halogens is 3. The minimum atomic E-state index is -0.703. The second kappa shape index (κ2) is 11.5. The van der Waals surface area contributed by atoms with E-state index in [1.807, 2.05) is 24.3 Å². The Labute approximate surface area is 247 Å². The van der Waals surface area contributed by atoms with E-state index in [0.717, 1.165) is 24.5 Å². The molecule has 1 unspecified atom stereocenters. The summed E-state index contributed by atoms with van der Waals surface area (Å²) < 4.78 is 29.6. The van der Waals surface area contributed by atoms with Crippen molar-refractivity contribution < 1.29 is 8.78 Å². The lowest BCUT2D eigenvalue weighted by atomic mass is 9.95. The van der Waals surface area contributed by atoms with Crippen molar-refractivity contribution in [3.05, 3.63) is 100 Å². The number of nitrogens with zero attached hydrogens (tertiary/aromatic N) is 5. The summed E-state index contributed by atoms with van der Waals surface area (Å²) in [6, 6.07) is 17.0. The molecule has 3 heterocycles. The first-order chi connectivity index (χ1) is 20.2. The lowest BCUT2D eigenvalue weighted by Crippen LogP contribution is -2.57. The number of aliphatic imine (C=N–C) groups is 2. The van der Waals surface area contributed by atoms with E-state index < -0.39 is 11.6 Å². The summed E-state index contributed by atoms with van der Waals surface area (Å²) >= 11 is 6.32. The minimum Gasteiger partial charge on any atom is -0.369 e. The van der Waals surface area contributed by atoms with E-state index in [1.54, 1.807) is 24.4 Å². The van der Waals surface area contributed by atoms with Crippen LogP contribution in [0.2, 0.25) is 5.02 Å². The van der Waals surface area contributed by atoms with Gasteiger partial charge in [0.1, 0.15) is 11.6 Å². The van der Waals surface area contributed by atoms with E-state index >= 15 is 0 Å². The second-order valence-corrected chi connectivity index (χ2v) is 11.0. The Bertz CT molecular complexity index is 1680. The maximum Gasteiger partial charge on any atom is 0.227 e. The van der Waals surface area contributed by atoms with Crippen LogP contribution in [0.25, 0.3) is 11.3 Å². The lowest BCUT2D eigenvalue weighted by Gasteiger charge is -2.36. The summed E-state index contributed by atoms with van der Waals surface area (Å²) in [7, 11) is 0. The molecule has 0 spiro atoms. The summed E-state index contributed by atoms with van der Waals surface area (Å²) in [5.41, 5.74) is 10.2. The summed E-state index contributed by atoms with van der Waals surface area (Å²) in [5, 5.41) is 7.13. The van der Waals surface area contributed by atoms with Crippen molar-refractivity contribution in [3.63, 3.8) is 0 Å². The molecule has 214 valence electrons. The molecule has 0 saturated carbocycles. The second-order valence-electron chi connectivity index (χ2n) is 10.5. The number of piperazine rings is 1. The van der Waals surface area contributed by atoms with Crippen molar-refractivity contribution in [1.82, 2.24) is 20.2 Å². The van der Waals surface area contributed by atoms with E-state index in [1.165, 1.54) is 18.2 Å². The minimum absolute atomic E-state index is 0.143. The van der Waals surface area contributed by atoms with Crippen LogP contribution in [0.3, 0.4) is 0 Å². The predicted octanol–water partition coefficient (Wildman–Crippen LogP) is 5.80. The molecule has 8 nitrogen and oxygen atoms in total. The van der Waals surface area contributed by atoms with Crippen LogP contribution < -0.4 is 16.4 Å². The number of hydrogen-bond acceptors (Lipinski definition) is 6. The molecule has 0 aliphatic carbocycles. The Morgan fingerprint density at radius 1 is 1.02 bits per heavy atom. The van der Waals surface area contributed by atoms with Crippen molar-refractivity contribution in [3.8, 4) is 11.3 Å². The SMILES string of the molecule is CC1CN(C(N)=Nc2ccc(Nc3ncc4c(n3)-c3ccc(Cl)cc3C(c3c(F)cccc3F)=NC4)cc2)C[C@@H](C)N1. The molecule has 4 N–H and O–H groups in total. The van der Waals surface area contributed by atoms with Gasteiger partial charge in [-0.3, -0.25) is 4.99 Å². The van der Waals surface area contributed by atoms with Gasteiger partial charge in [-0.2, -0.15) is 0 Å². The molecular formula is C31H29ClF2N8. The Hall–Kier alpha value is -4.41. The first-order valence-corrected chi connectivity index (χ1v) is 14.0. The number of hydrogen-bond donors (Lipinski definition) is 3. The van der Waals surface area contributed by atoms with E-state index in [9.17, 15) is 8.78 Å². The van der Waals surface area contributed by atoms with Crippen molar-refractivity contribution >= 4 is 40.6 Å². The van der Waals surface area contributed by atoms with Crippen molar-refractivity contribution in [2.24, 2.45) is 15.7 Å². The normalized spacial score (nSPS) is 18.5. The quantitative estimate of drug-likeness (QED) is 0.206. The van der Waals surface area contributed by atoms with Gasteiger partial charge in [0, 0.05) is 58.8 Å². The predicted molar refractivity (Wildman–Crippen MR) is 163 cm³/mol. The summed E-state index contributed by atoms with van der Waals surface area (Å²) in [6.45, 7) is 6.00. The number of fused-ring (bicyclic) bond motifs is 3.